The first kappa shape index (κ1) is 19.2. The first-order valence-electron chi connectivity index (χ1n) is 7.32. The number of hydrogen-bond donors (Lipinski definition) is 2. The maximum atomic E-state index is 11.7. The van der Waals surface area contributed by atoms with E-state index in [0.29, 0.717) is 16.3 Å². The normalized spacial score (nSPS) is 17.3. The Kier molecular flexibility index (Phi) is 4.91. The maximum absolute atomic E-state index is 11.7. The Labute approximate surface area is 156 Å². The molecular formula is C14H10N4O9S. The number of imide groups is 1. The maximum Gasteiger partial charge on any atom is 0.399 e. The van der Waals surface area contributed by atoms with Gasteiger partial charge in [-0.05, 0) is 24.3 Å². The van der Waals surface area contributed by atoms with Crippen LogP contribution in [0.1, 0.15) is 5.76 Å². The molecule has 2 N–H and O–H groups in total. The summed E-state index contributed by atoms with van der Waals surface area (Å²) in [4.78, 5) is 33.3. The highest BCUT2D eigenvalue weighted by atomic mass is 32.3. The van der Waals surface area contributed by atoms with Gasteiger partial charge in [0.1, 0.15) is 11.5 Å². The summed E-state index contributed by atoms with van der Waals surface area (Å²) in [5, 5.41) is 16.4. The molecule has 3 amide bonds. The number of benzene rings is 1. The Morgan fingerprint density at radius 3 is 2.54 bits per heavy atom. The lowest BCUT2D eigenvalue weighted by atomic mass is 10.1. The molecule has 0 aliphatic carbocycles. The predicted octanol–water partition coefficient (Wildman–Crippen LogP) is 0.886. The molecule has 3 rings (SSSR count). The number of hydrogen-bond acceptors (Lipinski definition) is 9. The molecule has 0 saturated carbocycles. The molecule has 146 valence electrons. The van der Waals surface area contributed by atoms with E-state index in [1.165, 1.54) is 36.4 Å². The fraction of sp³-hybridized carbons (Fsp3) is 0.0714. The average molecular weight is 410 g/mol. The monoisotopic (exact) mass is 410 g/mol. The highest BCUT2D eigenvalue weighted by Gasteiger charge is 2.42. The lowest BCUT2D eigenvalue weighted by Crippen LogP contribution is -2.35. The molecule has 2 aromatic rings. The minimum atomic E-state index is -5.02. The van der Waals surface area contributed by atoms with Gasteiger partial charge in [-0.3, -0.25) is 24.8 Å². The number of nitro benzene ring substituents is 1. The van der Waals surface area contributed by atoms with Gasteiger partial charge in [0.2, 0.25) is 0 Å². The van der Waals surface area contributed by atoms with E-state index in [2.05, 4.69) is 9.28 Å². The van der Waals surface area contributed by atoms with E-state index >= 15 is 0 Å². The van der Waals surface area contributed by atoms with Gasteiger partial charge in [0.25, 0.3) is 17.8 Å². The second-order valence-corrected chi connectivity index (χ2v) is 6.31. The van der Waals surface area contributed by atoms with Gasteiger partial charge in [-0.15, -0.1) is 0 Å². The number of non-ortho nitro benzene ring substituents is 1. The smallest absolute Gasteiger partial charge is 0.399 e. The molecule has 1 unspecified atom stereocenters. The third kappa shape index (κ3) is 4.20. The second-order valence-electron chi connectivity index (χ2n) is 5.27. The third-order valence-corrected chi connectivity index (χ3v) is 3.82. The van der Waals surface area contributed by atoms with E-state index in [-0.39, 0.29) is 11.4 Å². The van der Waals surface area contributed by atoms with Crippen LogP contribution < -0.4 is 5.32 Å². The summed E-state index contributed by atoms with van der Waals surface area (Å²) in [6.07, 6.45) is -1.00. The number of urea groups is 1. The van der Waals surface area contributed by atoms with E-state index in [0.717, 1.165) is 6.21 Å². The first-order valence-corrected chi connectivity index (χ1v) is 8.69. The van der Waals surface area contributed by atoms with Gasteiger partial charge < -0.3 is 4.42 Å². The molecule has 1 aromatic heterocycles. The molecule has 14 heteroatoms. The van der Waals surface area contributed by atoms with Crippen molar-refractivity contribution >= 4 is 34.2 Å². The van der Waals surface area contributed by atoms with E-state index in [1.807, 2.05) is 0 Å². The molecule has 2 heterocycles. The number of nitrogens with one attached hydrogen (secondary N) is 1. The van der Waals surface area contributed by atoms with Crippen molar-refractivity contribution in [3.63, 3.8) is 0 Å². The largest absolute Gasteiger partial charge is 0.455 e. The van der Waals surface area contributed by atoms with Gasteiger partial charge in [-0.25, -0.2) is 8.98 Å². The third-order valence-electron chi connectivity index (χ3n) is 3.40. The Morgan fingerprint density at radius 1 is 1.25 bits per heavy atom. The first-order chi connectivity index (χ1) is 13.1. The summed E-state index contributed by atoms with van der Waals surface area (Å²) in [6.45, 7) is 0. The van der Waals surface area contributed by atoms with Crippen LogP contribution in [0.15, 0.2) is 45.9 Å². The molecule has 0 spiro atoms. The topological polar surface area (TPSA) is 182 Å². The molecule has 1 saturated heterocycles. The molecule has 28 heavy (non-hydrogen) atoms. The number of carbonyl (C=O) groups is 2. The molecule has 0 bridgehead atoms. The van der Waals surface area contributed by atoms with E-state index < -0.39 is 33.5 Å². The molecule has 1 aliphatic rings. The van der Waals surface area contributed by atoms with Crippen LogP contribution in [0.5, 0.6) is 0 Å². The quantitative estimate of drug-likeness (QED) is 0.230. The van der Waals surface area contributed by atoms with Crippen LogP contribution in [-0.2, 0) is 19.4 Å². The van der Waals surface area contributed by atoms with Crippen LogP contribution in [0.2, 0.25) is 0 Å². The van der Waals surface area contributed by atoms with E-state index in [4.69, 9.17) is 8.97 Å². The summed E-state index contributed by atoms with van der Waals surface area (Å²) < 4.78 is 39.8. The number of rotatable bonds is 6. The standard InChI is InChI=1S/C14H10N4O9S/c19-12-13(27-28(23,24)25)17(14(20)16-12)15-7-10-5-6-11(26-10)8-1-3-9(4-2-8)18(21)22/h1-7,13H,(H,16,19,20)(H,23,24,25)/b15-7+. The molecule has 1 aromatic carbocycles. The van der Waals surface area contributed by atoms with Crippen LogP contribution in [0, 0.1) is 10.1 Å². The van der Waals surface area contributed by atoms with E-state index in [9.17, 15) is 28.1 Å². The van der Waals surface area contributed by atoms with Gasteiger partial charge in [0.05, 0.1) is 11.1 Å². The minimum absolute atomic E-state index is 0.0910. The number of nitrogens with zero attached hydrogens (tertiary/aromatic N) is 3. The molecule has 13 nitrogen and oxygen atoms in total. The van der Waals surface area contributed by atoms with Gasteiger partial charge >= 0.3 is 16.4 Å². The van der Waals surface area contributed by atoms with Gasteiger partial charge in [0, 0.05) is 17.7 Å². The lowest BCUT2D eigenvalue weighted by molar-refractivity contribution is -0.384. The zero-order chi connectivity index (χ0) is 20.5. The van der Waals surface area contributed by atoms with Crippen LogP contribution in [-0.4, -0.2) is 47.3 Å². The van der Waals surface area contributed by atoms with Crippen molar-refractivity contribution in [3.8, 4) is 11.3 Å². The van der Waals surface area contributed by atoms with Crippen LogP contribution >= 0.6 is 0 Å². The van der Waals surface area contributed by atoms with Crippen molar-refractivity contribution in [2.45, 2.75) is 6.23 Å². The zero-order valence-corrected chi connectivity index (χ0v) is 14.4. The van der Waals surface area contributed by atoms with Crippen molar-refractivity contribution in [2.75, 3.05) is 0 Å². The summed E-state index contributed by atoms with van der Waals surface area (Å²) in [5.74, 6) is -0.680. The zero-order valence-electron chi connectivity index (χ0n) is 13.6. The van der Waals surface area contributed by atoms with Crippen molar-refractivity contribution in [2.24, 2.45) is 5.10 Å². The fourth-order valence-electron chi connectivity index (χ4n) is 2.20. The van der Waals surface area contributed by atoms with Crippen LogP contribution in [0.4, 0.5) is 10.5 Å². The number of carbonyl (C=O) groups excluding carboxylic acids is 2. The summed E-state index contributed by atoms with van der Waals surface area (Å²) in [6, 6.07) is 7.45. The van der Waals surface area contributed by atoms with Crippen LogP contribution in [0.25, 0.3) is 11.3 Å². The Balaban J connectivity index is 1.78. The minimum Gasteiger partial charge on any atom is -0.455 e. The van der Waals surface area contributed by atoms with Gasteiger partial charge in [0.15, 0.2) is 0 Å². The summed E-state index contributed by atoms with van der Waals surface area (Å²) in [5.41, 5.74) is 0.443. The Hall–Kier alpha value is -3.62. The van der Waals surface area contributed by atoms with Crippen molar-refractivity contribution < 1.29 is 36.1 Å². The van der Waals surface area contributed by atoms with Crippen molar-refractivity contribution in [1.82, 2.24) is 10.3 Å². The highest BCUT2D eigenvalue weighted by molar-refractivity contribution is 7.80. The Morgan fingerprint density at radius 2 is 1.93 bits per heavy atom. The predicted molar refractivity (Wildman–Crippen MR) is 90.2 cm³/mol. The molecule has 0 radical (unpaired) electrons. The lowest BCUT2D eigenvalue weighted by Gasteiger charge is -2.13. The van der Waals surface area contributed by atoms with Gasteiger partial charge in [-0.2, -0.15) is 18.5 Å². The van der Waals surface area contributed by atoms with Crippen molar-refractivity contribution in [1.29, 1.82) is 0 Å². The molecule has 1 fully saturated rings. The van der Waals surface area contributed by atoms with Crippen LogP contribution in [0.3, 0.4) is 0 Å². The number of amides is 3. The second kappa shape index (κ2) is 7.18. The summed E-state index contributed by atoms with van der Waals surface area (Å²) in [7, 11) is -5.02. The number of furan rings is 1. The SMILES string of the molecule is O=C1NC(=O)N(/N=C/c2ccc(-c3ccc([N+](=O)[O-])cc3)o2)C1OS(=O)(=O)O. The molecule has 1 atom stereocenters. The fourth-order valence-corrected chi connectivity index (χ4v) is 2.60. The highest BCUT2D eigenvalue weighted by Crippen LogP contribution is 2.24. The number of nitro groups is 1. The number of hydrazone groups is 1. The average Bonchev–Trinajstić information content (AvgIpc) is 3.17. The molecule has 1 aliphatic heterocycles. The molecular weight excluding hydrogens is 400 g/mol. The Bertz CT molecular complexity index is 1070. The van der Waals surface area contributed by atoms with Crippen molar-refractivity contribution in [3.05, 3.63) is 52.3 Å². The summed E-state index contributed by atoms with van der Waals surface area (Å²) >= 11 is 0. The van der Waals surface area contributed by atoms with Gasteiger partial charge in [-0.1, -0.05) is 0 Å². The van der Waals surface area contributed by atoms with E-state index in [1.54, 1.807) is 5.32 Å².